The van der Waals surface area contributed by atoms with Crippen LogP contribution in [-0.2, 0) is 76.1 Å². The van der Waals surface area contributed by atoms with Gasteiger partial charge in [-0.2, -0.15) is 0 Å². The van der Waals surface area contributed by atoms with E-state index in [0.717, 1.165) is 69.8 Å². The van der Waals surface area contributed by atoms with Crippen molar-refractivity contribution in [3.8, 4) is 0 Å². The second-order valence-corrected chi connectivity index (χ2v) is 49.2. The van der Waals surface area contributed by atoms with E-state index in [1.807, 2.05) is 109 Å². The second kappa shape index (κ2) is 45.5. The third kappa shape index (κ3) is 26.5. The monoisotopic (exact) mass is 2080 g/mol. The van der Waals surface area contributed by atoms with Gasteiger partial charge in [-0.1, -0.05) is 64.1 Å². The Balaban J connectivity index is 0.000000175. The van der Waals surface area contributed by atoms with Crippen molar-refractivity contribution in [3.05, 3.63) is 82.9 Å². The molecule has 16 aliphatic rings. The maximum absolute atomic E-state index is 12.8. The van der Waals surface area contributed by atoms with Gasteiger partial charge in [0, 0.05) is 68.5 Å². The number of likely N-dealkylation sites (tertiary alicyclic amines) is 7. The van der Waals surface area contributed by atoms with Gasteiger partial charge in [-0.3, -0.25) is 58.7 Å². The maximum Gasteiger partial charge on any atom is 0.411 e. The Morgan fingerprint density at radius 3 is 0.980 bits per heavy atom. The van der Waals surface area contributed by atoms with Gasteiger partial charge in [0.2, 0.25) is 0 Å². The Kier molecular flexibility index (Phi) is 36.0. The highest BCUT2D eigenvalue weighted by Crippen LogP contribution is 2.53. The van der Waals surface area contributed by atoms with E-state index in [2.05, 4.69) is 39.6 Å². The molecule has 7 unspecified atom stereocenters. The van der Waals surface area contributed by atoms with Crippen LogP contribution in [0.25, 0.3) is 0 Å². The number of carbonyl (C=O) groups is 16. The fraction of sp³-hybridized carbons (Fsp3) is 0.725. The Labute approximate surface area is 871 Å². The summed E-state index contributed by atoms with van der Waals surface area (Å²) >= 11 is 0. The van der Waals surface area contributed by atoms with E-state index in [1.54, 1.807) is 105 Å². The Morgan fingerprint density at radius 2 is 0.622 bits per heavy atom. The first-order valence-electron chi connectivity index (χ1n) is 52.1. The number of nitrogens with two attached hydrogens (primary N) is 1. The first-order chi connectivity index (χ1) is 68.6. The number of hydrogen-bond donors (Lipinski definition) is 4. The number of nitrogens with one attached hydrogen (secondary N) is 1. The average molecular weight is 2080 g/mol. The smallest absolute Gasteiger partial charge is 0.411 e. The Morgan fingerprint density at radius 1 is 0.351 bits per heavy atom. The molecule has 9 heterocycles. The van der Waals surface area contributed by atoms with Gasteiger partial charge in [0.25, 0.3) is 23.6 Å². The molecule has 14 bridgehead atoms. The van der Waals surface area contributed by atoms with Gasteiger partial charge in [0.15, 0.2) is 0 Å². The fourth-order valence-electron chi connectivity index (χ4n) is 24.8. The molecule has 39 heteroatoms. The lowest BCUT2D eigenvalue weighted by molar-refractivity contribution is -0.151. The number of ketones is 1. The molecule has 0 spiro atoms. The zero-order valence-electron chi connectivity index (χ0n) is 91.9. The van der Waals surface area contributed by atoms with Crippen LogP contribution in [0.15, 0.2) is 60.7 Å². The molecule has 14 fully saturated rings. The number of rotatable bonds is 8. The largest absolute Gasteiger partial charge is 0.467 e. The fourth-order valence-corrected chi connectivity index (χ4v) is 24.8. The van der Waals surface area contributed by atoms with Gasteiger partial charge in [-0.25, -0.2) is 52.7 Å². The van der Waals surface area contributed by atoms with Gasteiger partial charge in [0.1, 0.15) is 69.2 Å². The number of aliphatic hydroxyl groups excluding tert-OH is 2. The molecule has 18 rings (SSSR count). The summed E-state index contributed by atoms with van der Waals surface area (Å²) in [6.07, 6.45) is 8.15. The molecule has 39 nitrogen and oxygen atoms in total. The molecule has 7 saturated heterocycles. The molecule has 7 saturated carbocycles. The summed E-state index contributed by atoms with van der Waals surface area (Å²) in [6, 6.07) is 11.5. The SMILES string of the molecule is C=C1CC2C[C@@H]1[C@H](C(=O)OC)N2C(=O)OC(C)(C)C.COC(=O)[C@H]1[C@H]2CC(CC2=O)N1C(=O)OC(C)(C)C.COC(=O)[C@H]1[C@H]2CC(C[C@H]2C)N1C(=O)OC(C)(C)C.COC(=O)[C@H]1[C@H]2CC(C[C@H]2O)N1C(=O)OC(C)(C)C.C[C@@H]1CC2C[C@@H]1[C@H](CN)N2C(=O)OC(C)(C)C.C[C@@H]1CC2C[C@@H]1[C@H](CN1C(=O)c3ccccc3C1=O)N2C(=O)OC(C)(C)C.C[C@@H]1CC2C[C@@H]1[C@H](CO)N2C(=O)OC(C)(C)C.O=C1NC(=O)c2ccccc21.[HH]. The number of imide groups is 2. The van der Waals surface area contributed by atoms with E-state index in [0.29, 0.717) is 96.0 Å². The van der Waals surface area contributed by atoms with E-state index in [9.17, 15) is 86.9 Å². The van der Waals surface area contributed by atoms with Crippen LogP contribution < -0.4 is 11.1 Å². The number of esters is 4. The number of ether oxygens (including phenoxy) is 11. The summed E-state index contributed by atoms with van der Waals surface area (Å²) in [5.74, 6) is 0.158. The molecule has 26 atom stereocenters. The molecule has 148 heavy (non-hydrogen) atoms. The Hall–Kier alpha value is -11.2. The van der Waals surface area contributed by atoms with Crippen molar-refractivity contribution in [1.29, 1.82) is 0 Å². The highest BCUT2D eigenvalue weighted by molar-refractivity contribution is 6.22. The van der Waals surface area contributed by atoms with Crippen LogP contribution in [0.4, 0.5) is 33.6 Å². The molecule has 824 valence electrons. The zero-order chi connectivity index (χ0) is 110. The number of piperidine rings is 7. The molecule has 5 N–H and O–H groups in total. The third-order valence-electron chi connectivity index (χ3n) is 30.6. The third-order valence-corrected chi connectivity index (χ3v) is 30.6. The standard InChI is InChI=1S/C21H26N2O4.C14H23NO4.C14H21NO4.C13H24N2O2.C13H21NO5.C13H19NO5.C13H23NO3.C8H5NO2.H2/c1-12-9-13-10-16(12)17(23(13)20(26)27-21(2,3)4)11-22-18(24)14-7-5-6-8-15(14)19(22)25;2*1-8-6-9-7-10(8)11(12(16)18-5)15(9)13(17)19-14(2,3)4;1-8-5-9-6-10(8)11(7-14)15(9)12(16)17-13(2,3)4;2*1-13(2,3)19-12(17)14-7-5-8(9(15)6-7)10(14)11(16)18-4;1-8-5-9-6-10(8)11(7-15)14(9)12(16)17-13(2,3)4;10-7-5-3-1-2-4-6(5)8(11)9-7;/h5-8,12-13,16-17H,9-11H2,1-4H3;8-11H,6-7H2,1-5H3;9-11H,1,6-7H2,2-5H3;8-11H,5-7,14H2,1-4H3;7-10,15H,5-6H2,1-4H3;7-8,10H,5-6H2,1-4H3;8-11,15H,5-7H2,1-4H3;1-4H,(H,9,10,11);1H/t12-,13?,16+,17+;8-,9?,10+,11-;9?,10-,11+;8-,9?,10+,11+;7?,8-,9+,10+;7?,8-,10+;8-,9?,10+,11+;;/m1101001../s1. The maximum atomic E-state index is 12.8. The number of hydrogen-bond acceptors (Lipinski definition) is 30. The number of carbonyl (C=O) groups excluding carboxylic acids is 16. The second-order valence-electron chi connectivity index (χ2n) is 49.2. The van der Waals surface area contributed by atoms with Gasteiger partial charge in [-0.15, -0.1) is 0 Å². The summed E-state index contributed by atoms with van der Waals surface area (Å²) in [7, 11) is 5.25. The molecule has 11 amide bonds. The number of benzene rings is 2. The summed E-state index contributed by atoms with van der Waals surface area (Å²) in [4.78, 5) is 205. The average Bonchev–Trinajstić information content (AvgIpc) is 1.56. The van der Waals surface area contributed by atoms with Crippen LogP contribution in [0, 0.1) is 65.1 Å². The quantitative estimate of drug-likeness (QED) is 0.0825. The minimum absolute atomic E-state index is 0. The lowest BCUT2D eigenvalue weighted by Crippen LogP contribution is -2.54. The minimum atomic E-state index is -0.828. The van der Waals surface area contributed by atoms with E-state index in [-0.39, 0.29) is 152 Å². The summed E-state index contributed by atoms with van der Waals surface area (Å²) in [6.45, 7) is 52.0. The number of nitrogens with zero attached hydrogens (tertiary/aromatic N) is 8. The number of fused-ring (bicyclic) bond motifs is 16. The van der Waals surface area contributed by atoms with Crippen LogP contribution in [0.5, 0.6) is 0 Å². The van der Waals surface area contributed by atoms with E-state index in [1.165, 1.54) is 48.0 Å². The first-order valence-corrected chi connectivity index (χ1v) is 52.1. The van der Waals surface area contributed by atoms with Crippen molar-refractivity contribution in [2.45, 2.75) is 393 Å². The van der Waals surface area contributed by atoms with Crippen molar-refractivity contribution in [1.82, 2.24) is 44.5 Å². The number of amides is 11. The van der Waals surface area contributed by atoms with Crippen molar-refractivity contribution in [2.75, 3.05) is 48.1 Å². The van der Waals surface area contributed by atoms with E-state index < -0.39 is 112 Å². The molecular formula is C109H164N10O29. The van der Waals surface area contributed by atoms with Crippen molar-refractivity contribution < 1.29 is 140 Å². The summed E-state index contributed by atoms with van der Waals surface area (Å²) in [5.41, 5.74) is 4.84. The van der Waals surface area contributed by atoms with Crippen LogP contribution in [-0.4, -0.2) is 323 Å². The predicted molar refractivity (Wildman–Crippen MR) is 542 cm³/mol. The van der Waals surface area contributed by atoms with Crippen LogP contribution >= 0.6 is 0 Å². The molecule has 2 aromatic carbocycles. The van der Waals surface area contributed by atoms with Crippen LogP contribution in [0.3, 0.4) is 0 Å². The number of Topliss-reactive ketones (excluding diaryl/α,β-unsaturated/α-hetero) is 1. The summed E-state index contributed by atoms with van der Waals surface area (Å²) < 4.78 is 57.1. The molecule has 0 radical (unpaired) electrons. The lowest BCUT2D eigenvalue weighted by atomic mass is 9.89. The van der Waals surface area contributed by atoms with Crippen LogP contribution in [0.1, 0.15) is 306 Å². The van der Waals surface area contributed by atoms with E-state index in [4.69, 9.17) is 57.8 Å². The number of aliphatic hydroxyl groups is 2. The molecule has 7 aliphatic carbocycles. The highest BCUT2D eigenvalue weighted by atomic mass is 16.6. The van der Waals surface area contributed by atoms with E-state index >= 15 is 0 Å². The minimum Gasteiger partial charge on any atom is -0.467 e. The predicted octanol–water partition coefficient (Wildman–Crippen LogP) is 14.5. The molecule has 0 aromatic heterocycles. The highest BCUT2D eigenvalue weighted by Gasteiger charge is 2.63. The lowest BCUT2D eigenvalue weighted by Gasteiger charge is -2.39. The van der Waals surface area contributed by atoms with Gasteiger partial charge in [0.05, 0.1) is 94.0 Å². The topological polar surface area (TPSA) is 479 Å². The summed E-state index contributed by atoms with van der Waals surface area (Å²) in [5, 5.41) is 21.6. The zero-order valence-corrected chi connectivity index (χ0v) is 91.9. The molecular weight excluding hydrogens is 1910 g/mol. The normalized spacial score (nSPS) is 31.0. The van der Waals surface area contributed by atoms with Crippen molar-refractivity contribution >= 4 is 95.9 Å². The van der Waals surface area contributed by atoms with Gasteiger partial charge in [-0.05, 0) is 300 Å². The van der Waals surface area contributed by atoms with Gasteiger partial charge >= 0.3 is 66.5 Å². The van der Waals surface area contributed by atoms with Crippen LogP contribution in [0.2, 0.25) is 0 Å². The van der Waals surface area contributed by atoms with Crippen molar-refractivity contribution in [2.24, 2.45) is 70.8 Å². The number of methoxy groups -OCH3 is 4. The molecule has 9 aliphatic heterocycles. The molecule has 2 aromatic rings. The first kappa shape index (κ1) is 117. The van der Waals surface area contributed by atoms with Gasteiger partial charge < -0.3 is 77.9 Å². The van der Waals surface area contributed by atoms with Crippen molar-refractivity contribution in [3.63, 3.8) is 0 Å². The Bertz CT molecular complexity index is 5010.